The highest BCUT2D eigenvalue weighted by molar-refractivity contribution is 9.11. The van der Waals surface area contributed by atoms with Crippen molar-refractivity contribution >= 4 is 98.6 Å². The fraction of sp³-hybridized carbons (Fsp3) is 0.200. The van der Waals surface area contributed by atoms with Crippen molar-refractivity contribution in [2.45, 2.75) is 39.0 Å². The van der Waals surface area contributed by atoms with E-state index in [0.29, 0.717) is 37.5 Å². The molecule has 5 aromatic carbocycles. The molecule has 1 atom stereocenters. The van der Waals surface area contributed by atoms with Crippen LogP contribution in [0.15, 0.2) is 39.3 Å². The standard InChI is InChI=1S/C30H20Br2N2O4/c1-3-5-11(4-2)18-25-23-15(28(36)34-30(25)38)9-6-12-20-17(31)10-16-19-14(27(35)33-29(16)37)8-7-13(21(19)20)24(22(12)23)26(18)32/h6-11H,3-5H2,1-2H3,(H,33,35,37)(H,34,36,38). The Morgan fingerprint density at radius 2 is 1.26 bits per heavy atom. The number of rotatable bonds is 4. The minimum atomic E-state index is -0.432. The van der Waals surface area contributed by atoms with E-state index in [1.165, 1.54) is 0 Å². The summed E-state index contributed by atoms with van der Waals surface area (Å²) < 4.78 is 1.52. The van der Waals surface area contributed by atoms with E-state index in [1.807, 2.05) is 12.1 Å². The molecule has 0 aliphatic carbocycles. The van der Waals surface area contributed by atoms with Crippen molar-refractivity contribution in [1.29, 1.82) is 0 Å². The van der Waals surface area contributed by atoms with Crippen LogP contribution in [0.1, 0.15) is 86.0 Å². The molecule has 7 rings (SSSR count). The van der Waals surface area contributed by atoms with Crippen LogP contribution in [0.4, 0.5) is 0 Å². The second kappa shape index (κ2) is 8.07. The van der Waals surface area contributed by atoms with Crippen molar-refractivity contribution in [3.05, 3.63) is 67.1 Å². The number of fused-ring (bicyclic) bond motifs is 2. The molecule has 2 aliphatic heterocycles. The van der Waals surface area contributed by atoms with E-state index in [0.717, 1.165) is 61.6 Å². The lowest BCUT2D eigenvalue weighted by atomic mass is 9.78. The topological polar surface area (TPSA) is 92.3 Å². The smallest absolute Gasteiger partial charge is 0.259 e. The van der Waals surface area contributed by atoms with Gasteiger partial charge in [0.2, 0.25) is 0 Å². The lowest BCUT2D eigenvalue weighted by Gasteiger charge is -2.29. The largest absolute Gasteiger partial charge is 0.288 e. The highest BCUT2D eigenvalue weighted by Gasteiger charge is 2.35. The highest BCUT2D eigenvalue weighted by atomic mass is 79.9. The van der Waals surface area contributed by atoms with Gasteiger partial charge in [-0.2, -0.15) is 0 Å². The molecule has 0 radical (unpaired) electrons. The van der Waals surface area contributed by atoms with Crippen LogP contribution in [0.3, 0.4) is 0 Å². The van der Waals surface area contributed by atoms with Crippen molar-refractivity contribution in [3.63, 3.8) is 0 Å². The summed E-state index contributed by atoms with van der Waals surface area (Å²) in [4.78, 5) is 52.2. The summed E-state index contributed by atoms with van der Waals surface area (Å²) in [6, 6.07) is 9.10. The molecule has 0 spiro atoms. The van der Waals surface area contributed by atoms with Crippen LogP contribution < -0.4 is 10.6 Å². The summed E-state index contributed by atoms with van der Waals surface area (Å²) in [6.45, 7) is 4.23. The Bertz CT molecular complexity index is 1980. The molecule has 2 aliphatic rings. The average molecular weight is 632 g/mol. The van der Waals surface area contributed by atoms with E-state index >= 15 is 0 Å². The van der Waals surface area contributed by atoms with E-state index in [4.69, 9.17) is 0 Å². The maximum atomic E-state index is 13.5. The molecule has 188 valence electrons. The summed E-state index contributed by atoms with van der Waals surface area (Å²) in [6.07, 6.45) is 2.66. The van der Waals surface area contributed by atoms with Crippen LogP contribution in [-0.2, 0) is 0 Å². The molecule has 0 fully saturated rings. The van der Waals surface area contributed by atoms with Gasteiger partial charge in [0.1, 0.15) is 0 Å². The Labute approximate surface area is 233 Å². The normalized spacial score (nSPS) is 15.7. The first-order valence-corrected chi connectivity index (χ1v) is 14.2. The van der Waals surface area contributed by atoms with Gasteiger partial charge in [-0.05, 0) is 69.2 Å². The van der Waals surface area contributed by atoms with Gasteiger partial charge in [0, 0.05) is 58.0 Å². The molecular formula is C30H20Br2N2O4. The molecule has 2 N–H and O–H groups in total. The van der Waals surface area contributed by atoms with Crippen molar-refractivity contribution in [2.75, 3.05) is 0 Å². The maximum absolute atomic E-state index is 13.5. The first-order chi connectivity index (χ1) is 18.3. The number of hydrogen-bond donors (Lipinski definition) is 2. The van der Waals surface area contributed by atoms with Crippen LogP contribution >= 0.6 is 31.9 Å². The van der Waals surface area contributed by atoms with Gasteiger partial charge in [0.25, 0.3) is 23.6 Å². The molecule has 5 aromatic rings. The van der Waals surface area contributed by atoms with Gasteiger partial charge >= 0.3 is 0 Å². The molecule has 0 saturated heterocycles. The minimum Gasteiger partial charge on any atom is -0.288 e. The number of halogens is 2. The number of carbonyl (C=O) groups is 4. The van der Waals surface area contributed by atoms with Gasteiger partial charge in [-0.15, -0.1) is 0 Å². The van der Waals surface area contributed by atoms with Crippen molar-refractivity contribution in [1.82, 2.24) is 10.6 Å². The zero-order chi connectivity index (χ0) is 26.6. The van der Waals surface area contributed by atoms with Crippen LogP contribution in [0, 0.1) is 0 Å². The van der Waals surface area contributed by atoms with Gasteiger partial charge in [0.05, 0.1) is 5.56 Å². The Morgan fingerprint density at radius 1 is 0.684 bits per heavy atom. The van der Waals surface area contributed by atoms with Crippen LogP contribution in [0.2, 0.25) is 0 Å². The van der Waals surface area contributed by atoms with E-state index in [1.54, 1.807) is 18.2 Å². The number of imide groups is 2. The third-order valence-electron chi connectivity index (χ3n) is 8.16. The molecule has 4 amide bonds. The molecule has 1 unspecified atom stereocenters. The molecule has 6 nitrogen and oxygen atoms in total. The molecule has 0 bridgehead atoms. The number of benzene rings is 5. The molecule has 0 saturated carbocycles. The number of carbonyl (C=O) groups excluding carboxylic acids is 4. The predicted octanol–water partition coefficient (Wildman–Crippen LogP) is 7.32. The first-order valence-electron chi connectivity index (χ1n) is 12.6. The monoisotopic (exact) mass is 630 g/mol. The molecular weight excluding hydrogens is 612 g/mol. The molecule has 8 heteroatoms. The van der Waals surface area contributed by atoms with E-state index in [-0.39, 0.29) is 11.8 Å². The SMILES string of the molecule is CCCC(CC)c1c2c3c(ccc4c5c(Br)cc6c7c(ccc(c(c1Br)c34)c75)C(=O)NC6=O)C(=O)NC2=O. The number of hydrogen-bond acceptors (Lipinski definition) is 4. The fourth-order valence-electron chi connectivity index (χ4n) is 6.62. The van der Waals surface area contributed by atoms with Gasteiger partial charge in [-0.1, -0.05) is 48.3 Å². The summed E-state index contributed by atoms with van der Waals surface area (Å²) in [5.74, 6) is -1.54. The molecule has 2 heterocycles. The fourth-order valence-corrected chi connectivity index (χ4v) is 8.20. The molecule has 0 aromatic heterocycles. The summed E-state index contributed by atoms with van der Waals surface area (Å²) in [5, 5.41) is 11.4. The lowest BCUT2D eigenvalue weighted by molar-refractivity contribution is 0.0828. The van der Waals surface area contributed by atoms with E-state index in [2.05, 4.69) is 56.3 Å². The number of amides is 4. The third-order valence-corrected chi connectivity index (χ3v) is 9.61. The maximum Gasteiger partial charge on any atom is 0.259 e. The lowest BCUT2D eigenvalue weighted by Crippen LogP contribution is -2.36. The zero-order valence-corrected chi connectivity index (χ0v) is 23.6. The highest BCUT2D eigenvalue weighted by Crippen LogP contribution is 2.52. The van der Waals surface area contributed by atoms with Gasteiger partial charge in [-0.25, -0.2) is 0 Å². The Balaban J connectivity index is 1.83. The van der Waals surface area contributed by atoms with Crippen molar-refractivity contribution in [3.8, 4) is 0 Å². The summed E-state index contributed by atoms with van der Waals surface area (Å²) in [7, 11) is 0. The van der Waals surface area contributed by atoms with Crippen LogP contribution in [0.5, 0.6) is 0 Å². The Kier molecular flexibility index (Phi) is 5.04. The summed E-state index contributed by atoms with van der Waals surface area (Å²) in [5.41, 5.74) is 2.80. The summed E-state index contributed by atoms with van der Waals surface area (Å²) >= 11 is 7.63. The minimum absolute atomic E-state index is 0.0981. The predicted molar refractivity (Wildman–Crippen MR) is 155 cm³/mol. The quantitative estimate of drug-likeness (QED) is 0.123. The van der Waals surface area contributed by atoms with Gasteiger partial charge < -0.3 is 0 Å². The molecule has 38 heavy (non-hydrogen) atoms. The number of nitrogens with one attached hydrogen (secondary N) is 2. The third kappa shape index (κ3) is 2.82. The van der Waals surface area contributed by atoms with E-state index < -0.39 is 17.7 Å². The van der Waals surface area contributed by atoms with Crippen LogP contribution in [-0.4, -0.2) is 23.6 Å². The van der Waals surface area contributed by atoms with E-state index in [9.17, 15) is 19.2 Å². The van der Waals surface area contributed by atoms with Gasteiger partial charge in [0.15, 0.2) is 0 Å². The average Bonchev–Trinajstić information content (AvgIpc) is 2.89. The van der Waals surface area contributed by atoms with Crippen LogP contribution in [0.25, 0.3) is 43.1 Å². The second-order valence-corrected chi connectivity index (χ2v) is 11.7. The Morgan fingerprint density at radius 3 is 1.92 bits per heavy atom. The zero-order valence-electron chi connectivity index (χ0n) is 20.5. The Hall–Kier alpha value is -3.36. The first kappa shape index (κ1) is 23.7. The van der Waals surface area contributed by atoms with Crippen molar-refractivity contribution in [2.24, 2.45) is 0 Å². The second-order valence-electron chi connectivity index (χ2n) is 10.0. The van der Waals surface area contributed by atoms with Gasteiger partial charge in [-0.3, -0.25) is 29.8 Å². The van der Waals surface area contributed by atoms with Crippen molar-refractivity contribution < 1.29 is 19.2 Å².